The Bertz CT molecular complexity index is 338. The van der Waals surface area contributed by atoms with Gasteiger partial charge in [-0.1, -0.05) is 26.7 Å². The van der Waals surface area contributed by atoms with Gasteiger partial charge >= 0.3 is 0 Å². The molecule has 2 nitrogen and oxygen atoms in total. The van der Waals surface area contributed by atoms with Crippen molar-refractivity contribution < 1.29 is 9.84 Å². The molecule has 2 aliphatic heterocycles. The zero-order chi connectivity index (χ0) is 14.2. The van der Waals surface area contributed by atoms with E-state index in [0.717, 1.165) is 31.6 Å². The first-order valence-corrected chi connectivity index (χ1v) is 9.65. The molecule has 20 heavy (non-hydrogen) atoms. The van der Waals surface area contributed by atoms with Crippen molar-refractivity contribution in [2.75, 3.05) is 18.1 Å². The summed E-state index contributed by atoms with van der Waals surface area (Å²) in [5.74, 6) is 3.93. The van der Waals surface area contributed by atoms with E-state index in [1.807, 2.05) is 11.8 Å². The van der Waals surface area contributed by atoms with Crippen LogP contribution in [0.3, 0.4) is 0 Å². The molecule has 1 N–H and O–H groups in total. The Balaban J connectivity index is 1.78. The van der Waals surface area contributed by atoms with E-state index in [0.29, 0.717) is 17.8 Å². The molecule has 0 amide bonds. The zero-order valence-corrected chi connectivity index (χ0v) is 13.9. The molecule has 0 bridgehead atoms. The van der Waals surface area contributed by atoms with Crippen molar-refractivity contribution in [1.29, 1.82) is 0 Å². The van der Waals surface area contributed by atoms with Crippen LogP contribution < -0.4 is 0 Å². The third-order valence-electron chi connectivity index (χ3n) is 6.06. The third kappa shape index (κ3) is 2.66. The Labute approximate surface area is 128 Å². The van der Waals surface area contributed by atoms with E-state index in [-0.39, 0.29) is 5.60 Å². The molecule has 4 unspecified atom stereocenters. The fourth-order valence-electron chi connectivity index (χ4n) is 4.94. The van der Waals surface area contributed by atoms with Crippen molar-refractivity contribution in [3.8, 4) is 0 Å². The minimum Gasteiger partial charge on any atom is -0.389 e. The Morgan fingerprint density at radius 1 is 1.20 bits per heavy atom. The molecule has 1 spiro atoms. The minimum atomic E-state index is -0.420. The van der Waals surface area contributed by atoms with Gasteiger partial charge in [-0.25, -0.2) is 0 Å². The van der Waals surface area contributed by atoms with Crippen molar-refractivity contribution in [3.05, 3.63) is 0 Å². The maximum absolute atomic E-state index is 11.5. The lowest BCUT2D eigenvalue weighted by molar-refractivity contribution is -0.169. The quantitative estimate of drug-likeness (QED) is 0.839. The largest absolute Gasteiger partial charge is 0.389 e. The van der Waals surface area contributed by atoms with Crippen molar-refractivity contribution in [2.24, 2.45) is 17.8 Å². The van der Waals surface area contributed by atoms with Gasteiger partial charge in [0.2, 0.25) is 0 Å². The van der Waals surface area contributed by atoms with Crippen molar-refractivity contribution in [2.45, 2.75) is 70.0 Å². The molecule has 0 aromatic carbocycles. The predicted molar refractivity (Wildman–Crippen MR) is 85.1 cm³/mol. The van der Waals surface area contributed by atoms with Gasteiger partial charge in [0.25, 0.3) is 0 Å². The van der Waals surface area contributed by atoms with Gasteiger partial charge in [-0.2, -0.15) is 11.8 Å². The summed E-state index contributed by atoms with van der Waals surface area (Å²) in [5, 5.41) is 11.5. The zero-order valence-electron chi connectivity index (χ0n) is 13.1. The lowest BCUT2D eigenvalue weighted by Crippen LogP contribution is -2.54. The molecule has 3 fully saturated rings. The van der Waals surface area contributed by atoms with Crippen LogP contribution in [-0.2, 0) is 4.74 Å². The fourth-order valence-corrected chi connectivity index (χ4v) is 6.32. The van der Waals surface area contributed by atoms with Gasteiger partial charge in [-0.3, -0.25) is 0 Å². The van der Waals surface area contributed by atoms with Crippen LogP contribution in [0.25, 0.3) is 0 Å². The molecule has 116 valence electrons. The van der Waals surface area contributed by atoms with Crippen LogP contribution in [0.1, 0.15) is 58.8 Å². The molecule has 4 atom stereocenters. The van der Waals surface area contributed by atoms with E-state index in [1.54, 1.807) is 0 Å². The number of aliphatic hydroxyl groups is 1. The van der Waals surface area contributed by atoms with Gasteiger partial charge in [0.1, 0.15) is 0 Å². The first-order chi connectivity index (χ1) is 9.56. The predicted octanol–water partition coefficient (Wildman–Crippen LogP) is 3.87. The highest BCUT2D eigenvalue weighted by Gasteiger charge is 2.51. The monoisotopic (exact) mass is 298 g/mol. The first kappa shape index (κ1) is 15.2. The Kier molecular flexibility index (Phi) is 4.41. The second-order valence-electron chi connectivity index (χ2n) is 7.61. The smallest absolute Gasteiger partial charge is 0.0784 e. The van der Waals surface area contributed by atoms with Crippen molar-refractivity contribution in [1.82, 2.24) is 0 Å². The van der Waals surface area contributed by atoms with Crippen LogP contribution in [0.4, 0.5) is 0 Å². The molecule has 0 aromatic heterocycles. The summed E-state index contributed by atoms with van der Waals surface area (Å²) in [6.45, 7) is 5.45. The van der Waals surface area contributed by atoms with Crippen molar-refractivity contribution >= 4 is 11.8 Å². The molecular weight excluding hydrogens is 268 g/mol. The summed E-state index contributed by atoms with van der Waals surface area (Å²) in [5.41, 5.74) is -0.321. The lowest BCUT2D eigenvalue weighted by Gasteiger charge is -2.51. The van der Waals surface area contributed by atoms with Crippen LogP contribution in [0.15, 0.2) is 0 Å². The molecule has 3 rings (SSSR count). The average Bonchev–Trinajstić information content (AvgIpc) is 2.87. The van der Waals surface area contributed by atoms with E-state index < -0.39 is 5.60 Å². The summed E-state index contributed by atoms with van der Waals surface area (Å²) in [6, 6.07) is 0. The normalized spacial score (nSPS) is 46.2. The molecule has 0 aromatic rings. The molecule has 1 saturated carbocycles. The number of rotatable bonds is 2. The Morgan fingerprint density at radius 2 is 2.05 bits per heavy atom. The number of thioether (sulfide) groups is 1. The molecule has 3 heteroatoms. The SMILES string of the molecule is CC(C)C1CCCCC1(O)C1CCOC2(CCSC2)C1. The van der Waals surface area contributed by atoms with Crippen LogP contribution in [0.2, 0.25) is 0 Å². The van der Waals surface area contributed by atoms with Crippen LogP contribution in [0, 0.1) is 17.8 Å². The molecule has 2 saturated heterocycles. The second-order valence-corrected chi connectivity index (χ2v) is 8.72. The summed E-state index contributed by atoms with van der Waals surface area (Å²) < 4.78 is 6.16. The van der Waals surface area contributed by atoms with Gasteiger partial charge in [-0.15, -0.1) is 0 Å². The van der Waals surface area contributed by atoms with Crippen molar-refractivity contribution in [3.63, 3.8) is 0 Å². The summed E-state index contributed by atoms with van der Waals surface area (Å²) in [6.07, 6.45) is 8.09. The van der Waals surface area contributed by atoms with Gasteiger partial charge in [0.15, 0.2) is 0 Å². The van der Waals surface area contributed by atoms with Crippen LogP contribution >= 0.6 is 11.8 Å². The standard InChI is InChI=1S/C17H30O2S/c1-13(2)15-5-3-4-7-17(15,18)14-6-9-19-16(11-14)8-10-20-12-16/h13-15,18H,3-12H2,1-2H3. The minimum absolute atomic E-state index is 0.0995. The number of hydrogen-bond acceptors (Lipinski definition) is 3. The molecule has 3 aliphatic rings. The highest BCUT2D eigenvalue weighted by atomic mass is 32.2. The third-order valence-corrected chi connectivity index (χ3v) is 7.28. The topological polar surface area (TPSA) is 29.5 Å². The van der Waals surface area contributed by atoms with Crippen LogP contribution in [0.5, 0.6) is 0 Å². The van der Waals surface area contributed by atoms with Crippen LogP contribution in [-0.4, -0.2) is 34.4 Å². The summed E-state index contributed by atoms with van der Waals surface area (Å²) in [7, 11) is 0. The first-order valence-electron chi connectivity index (χ1n) is 8.50. The average molecular weight is 298 g/mol. The highest BCUT2D eigenvalue weighted by molar-refractivity contribution is 7.99. The number of ether oxygens (including phenoxy) is 1. The van der Waals surface area contributed by atoms with E-state index in [1.165, 1.54) is 31.4 Å². The molecular formula is C17H30O2S. The van der Waals surface area contributed by atoms with Gasteiger partial charge < -0.3 is 9.84 Å². The molecule has 2 heterocycles. The maximum atomic E-state index is 11.5. The van der Waals surface area contributed by atoms with Gasteiger partial charge in [-0.05, 0) is 55.6 Å². The van der Waals surface area contributed by atoms with E-state index in [4.69, 9.17) is 4.74 Å². The molecule has 0 radical (unpaired) electrons. The van der Waals surface area contributed by atoms with Gasteiger partial charge in [0.05, 0.1) is 11.2 Å². The Morgan fingerprint density at radius 3 is 2.75 bits per heavy atom. The maximum Gasteiger partial charge on any atom is 0.0784 e. The summed E-state index contributed by atoms with van der Waals surface area (Å²) in [4.78, 5) is 0. The summed E-state index contributed by atoms with van der Waals surface area (Å²) >= 11 is 2.03. The fraction of sp³-hybridized carbons (Fsp3) is 1.00. The molecule has 1 aliphatic carbocycles. The lowest BCUT2D eigenvalue weighted by atomic mass is 9.61. The van der Waals surface area contributed by atoms with Gasteiger partial charge in [0, 0.05) is 12.4 Å². The van der Waals surface area contributed by atoms with E-state index >= 15 is 0 Å². The Hall–Kier alpha value is 0.270. The van der Waals surface area contributed by atoms with E-state index in [2.05, 4.69) is 13.8 Å². The highest BCUT2D eigenvalue weighted by Crippen LogP contribution is 2.50. The van der Waals surface area contributed by atoms with E-state index in [9.17, 15) is 5.11 Å². The second kappa shape index (κ2) is 5.81. The number of hydrogen-bond donors (Lipinski definition) is 1.